The Morgan fingerprint density at radius 2 is 1.86 bits per heavy atom. The molecule has 21 heavy (non-hydrogen) atoms. The standard InChI is InChI=1S/C18H20N2S/c1-3-15(14-10-8-13(2)9-11-14)19-12-18-20-16-6-4-5-7-17(16)21-18/h4-11,15,19H,3,12H2,1-2H3. The van der Waals surface area contributed by atoms with E-state index < -0.39 is 0 Å². The molecule has 2 nitrogen and oxygen atoms in total. The third kappa shape index (κ3) is 3.31. The highest BCUT2D eigenvalue weighted by Gasteiger charge is 2.10. The molecule has 1 N–H and O–H groups in total. The van der Waals surface area contributed by atoms with Gasteiger partial charge in [-0.3, -0.25) is 0 Å². The minimum atomic E-state index is 0.387. The van der Waals surface area contributed by atoms with Crippen LogP contribution >= 0.6 is 11.3 Å². The van der Waals surface area contributed by atoms with Crippen molar-refractivity contribution in [1.29, 1.82) is 0 Å². The second-order valence-electron chi connectivity index (χ2n) is 5.33. The molecule has 0 aliphatic heterocycles. The van der Waals surface area contributed by atoms with E-state index in [4.69, 9.17) is 0 Å². The summed E-state index contributed by atoms with van der Waals surface area (Å²) in [5.74, 6) is 0. The Labute approximate surface area is 129 Å². The molecule has 1 atom stereocenters. The molecule has 0 saturated carbocycles. The van der Waals surface area contributed by atoms with Crippen LogP contribution in [0.2, 0.25) is 0 Å². The number of nitrogens with zero attached hydrogens (tertiary/aromatic N) is 1. The summed E-state index contributed by atoms with van der Waals surface area (Å²) in [6.07, 6.45) is 1.08. The number of benzene rings is 2. The van der Waals surface area contributed by atoms with Crippen LogP contribution in [0.15, 0.2) is 48.5 Å². The molecule has 1 heterocycles. The van der Waals surface area contributed by atoms with E-state index >= 15 is 0 Å². The maximum absolute atomic E-state index is 4.68. The molecule has 2 aromatic carbocycles. The topological polar surface area (TPSA) is 24.9 Å². The highest BCUT2D eigenvalue weighted by molar-refractivity contribution is 7.18. The van der Waals surface area contributed by atoms with E-state index in [1.54, 1.807) is 11.3 Å². The first-order valence-electron chi connectivity index (χ1n) is 7.40. The van der Waals surface area contributed by atoms with Crippen LogP contribution in [0.1, 0.15) is 35.5 Å². The summed E-state index contributed by atoms with van der Waals surface area (Å²) in [7, 11) is 0. The van der Waals surface area contributed by atoms with Gasteiger partial charge < -0.3 is 5.32 Å². The fourth-order valence-electron chi connectivity index (χ4n) is 2.50. The molecule has 0 fully saturated rings. The molecule has 108 valence electrons. The van der Waals surface area contributed by atoms with Gasteiger partial charge in [-0.05, 0) is 31.0 Å². The number of hydrogen-bond donors (Lipinski definition) is 1. The van der Waals surface area contributed by atoms with Crippen LogP contribution in [-0.2, 0) is 6.54 Å². The first-order chi connectivity index (χ1) is 10.3. The van der Waals surface area contributed by atoms with Gasteiger partial charge in [0.15, 0.2) is 0 Å². The van der Waals surface area contributed by atoms with E-state index in [0.717, 1.165) is 23.5 Å². The van der Waals surface area contributed by atoms with Crippen LogP contribution < -0.4 is 5.32 Å². The smallest absolute Gasteiger partial charge is 0.108 e. The molecule has 0 aliphatic carbocycles. The quantitative estimate of drug-likeness (QED) is 0.728. The second-order valence-corrected chi connectivity index (χ2v) is 6.44. The number of nitrogens with one attached hydrogen (secondary N) is 1. The van der Waals surface area contributed by atoms with E-state index in [1.807, 2.05) is 6.07 Å². The third-order valence-corrected chi connectivity index (χ3v) is 4.76. The number of rotatable bonds is 5. The predicted octanol–water partition coefficient (Wildman–Crippen LogP) is 4.85. The summed E-state index contributed by atoms with van der Waals surface area (Å²) in [5, 5.41) is 4.78. The van der Waals surface area contributed by atoms with Crippen LogP contribution in [0.3, 0.4) is 0 Å². The zero-order valence-corrected chi connectivity index (χ0v) is 13.3. The molecule has 3 heteroatoms. The van der Waals surface area contributed by atoms with Gasteiger partial charge >= 0.3 is 0 Å². The predicted molar refractivity (Wildman–Crippen MR) is 90.7 cm³/mol. The van der Waals surface area contributed by atoms with Gasteiger partial charge in [-0.15, -0.1) is 11.3 Å². The largest absolute Gasteiger partial charge is 0.304 e. The molecule has 3 rings (SSSR count). The van der Waals surface area contributed by atoms with Gasteiger partial charge in [-0.1, -0.05) is 48.9 Å². The number of hydrogen-bond acceptors (Lipinski definition) is 3. The normalized spacial score (nSPS) is 12.7. The fourth-order valence-corrected chi connectivity index (χ4v) is 3.42. The van der Waals surface area contributed by atoms with Crippen LogP contribution in [-0.4, -0.2) is 4.98 Å². The summed E-state index contributed by atoms with van der Waals surface area (Å²) < 4.78 is 1.26. The SMILES string of the molecule is CCC(NCc1nc2ccccc2s1)c1ccc(C)cc1. The fraction of sp³-hybridized carbons (Fsp3) is 0.278. The monoisotopic (exact) mass is 296 g/mol. The van der Waals surface area contributed by atoms with Gasteiger partial charge in [0.25, 0.3) is 0 Å². The zero-order chi connectivity index (χ0) is 14.7. The first-order valence-corrected chi connectivity index (χ1v) is 8.22. The number of fused-ring (bicyclic) bond motifs is 1. The van der Waals surface area contributed by atoms with E-state index in [1.165, 1.54) is 15.8 Å². The highest BCUT2D eigenvalue weighted by Crippen LogP contribution is 2.23. The van der Waals surface area contributed by atoms with Gasteiger partial charge in [0.05, 0.1) is 10.2 Å². The Balaban J connectivity index is 1.71. The molecule has 1 unspecified atom stereocenters. The van der Waals surface area contributed by atoms with Crippen molar-refractivity contribution in [1.82, 2.24) is 10.3 Å². The Hall–Kier alpha value is -1.71. The number of aryl methyl sites for hydroxylation is 1. The summed E-state index contributed by atoms with van der Waals surface area (Å²) in [5.41, 5.74) is 3.76. The molecule has 3 aromatic rings. The third-order valence-electron chi connectivity index (χ3n) is 3.73. The summed E-state index contributed by atoms with van der Waals surface area (Å²) in [4.78, 5) is 4.68. The highest BCUT2D eigenvalue weighted by atomic mass is 32.1. The van der Waals surface area contributed by atoms with Gasteiger partial charge in [0.1, 0.15) is 5.01 Å². The van der Waals surface area contributed by atoms with Crippen molar-refractivity contribution in [2.75, 3.05) is 0 Å². The summed E-state index contributed by atoms with van der Waals surface area (Å²) >= 11 is 1.77. The Kier molecular flexibility index (Phi) is 4.32. The van der Waals surface area contributed by atoms with Crippen LogP contribution in [0.5, 0.6) is 0 Å². The number of para-hydroxylation sites is 1. The molecular weight excluding hydrogens is 276 g/mol. The maximum atomic E-state index is 4.68. The Morgan fingerprint density at radius 3 is 2.57 bits per heavy atom. The van der Waals surface area contributed by atoms with Crippen molar-refractivity contribution >= 4 is 21.6 Å². The Morgan fingerprint density at radius 1 is 1.10 bits per heavy atom. The van der Waals surface area contributed by atoms with E-state index in [9.17, 15) is 0 Å². The summed E-state index contributed by atoms with van der Waals surface area (Å²) in [6.45, 7) is 5.17. The molecule has 1 aromatic heterocycles. The van der Waals surface area contributed by atoms with Gasteiger partial charge in [0.2, 0.25) is 0 Å². The lowest BCUT2D eigenvalue weighted by molar-refractivity contribution is 0.518. The number of thiazole rings is 1. The Bertz CT molecular complexity index is 682. The lowest BCUT2D eigenvalue weighted by atomic mass is 10.0. The van der Waals surface area contributed by atoms with Crippen molar-refractivity contribution in [3.8, 4) is 0 Å². The van der Waals surface area contributed by atoms with Crippen molar-refractivity contribution in [2.24, 2.45) is 0 Å². The van der Waals surface area contributed by atoms with Crippen molar-refractivity contribution < 1.29 is 0 Å². The molecule has 0 bridgehead atoms. The maximum Gasteiger partial charge on any atom is 0.108 e. The number of aromatic nitrogens is 1. The average Bonchev–Trinajstić information content (AvgIpc) is 2.92. The molecule has 0 radical (unpaired) electrons. The first kappa shape index (κ1) is 14.2. The minimum Gasteiger partial charge on any atom is -0.304 e. The minimum absolute atomic E-state index is 0.387. The lowest BCUT2D eigenvalue weighted by Crippen LogP contribution is -2.20. The average molecular weight is 296 g/mol. The summed E-state index contributed by atoms with van der Waals surface area (Å²) in [6, 6.07) is 17.5. The molecule has 0 amide bonds. The molecule has 0 saturated heterocycles. The van der Waals surface area contributed by atoms with Crippen LogP contribution in [0, 0.1) is 6.92 Å². The van der Waals surface area contributed by atoms with Crippen molar-refractivity contribution in [3.05, 3.63) is 64.7 Å². The molecule has 0 aliphatic rings. The van der Waals surface area contributed by atoms with E-state index in [-0.39, 0.29) is 0 Å². The van der Waals surface area contributed by atoms with Gasteiger partial charge in [0, 0.05) is 12.6 Å². The van der Waals surface area contributed by atoms with Crippen molar-refractivity contribution in [3.63, 3.8) is 0 Å². The van der Waals surface area contributed by atoms with Crippen LogP contribution in [0.25, 0.3) is 10.2 Å². The van der Waals surface area contributed by atoms with Gasteiger partial charge in [-0.25, -0.2) is 4.98 Å². The lowest BCUT2D eigenvalue weighted by Gasteiger charge is -2.16. The van der Waals surface area contributed by atoms with Crippen LogP contribution in [0.4, 0.5) is 0 Å². The van der Waals surface area contributed by atoms with Gasteiger partial charge in [-0.2, -0.15) is 0 Å². The molecular formula is C18H20N2S. The van der Waals surface area contributed by atoms with Crippen molar-refractivity contribution in [2.45, 2.75) is 32.9 Å². The van der Waals surface area contributed by atoms with E-state index in [0.29, 0.717) is 6.04 Å². The van der Waals surface area contributed by atoms with E-state index in [2.05, 4.69) is 66.6 Å². The second kappa shape index (κ2) is 6.37. The molecule has 0 spiro atoms. The zero-order valence-electron chi connectivity index (χ0n) is 12.5.